The molecule has 0 spiro atoms. The summed E-state index contributed by atoms with van der Waals surface area (Å²) in [5, 5.41) is 5.73. The monoisotopic (exact) mass is 396 g/mol. The maximum Gasteiger partial charge on any atom is 0.270 e. The minimum atomic E-state index is -0.422. The van der Waals surface area contributed by atoms with Crippen molar-refractivity contribution in [3.63, 3.8) is 0 Å². The smallest absolute Gasteiger partial charge is 0.270 e. The van der Waals surface area contributed by atoms with E-state index in [0.717, 1.165) is 0 Å². The van der Waals surface area contributed by atoms with Crippen molar-refractivity contribution in [3.8, 4) is 11.5 Å². The van der Waals surface area contributed by atoms with E-state index >= 15 is 0 Å². The highest BCUT2D eigenvalue weighted by atomic mass is 19.1. The Morgan fingerprint density at radius 3 is 2.52 bits per heavy atom. The fourth-order valence-corrected chi connectivity index (χ4v) is 2.69. The lowest BCUT2D eigenvalue weighted by molar-refractivity contribution is 0.0945. The van der Waals surface area contributed by atoms with Gasteiger partial charge in [-0.05, 0) is 31.2 Å². The second kappa shape index (κ2) is 9.01. The molecule has 2 aromatic carbocycles. The van der Waals surface area contributed by atoms with Gasteiger partial charge in [0.25, 0.3) is 5.91 Å². The van der Waals surface area contributed by atoms with Crippen LogP contribution in [0.2, 0.25) is 0 Å². The number of carbonyl (C=O) groups is 1. The Kier molecular flexibility index (Phi) is 6.23. The summed E-state index contributed by atoms with van der Waals surface area (Å²) in [5.41, 5.74) is 1.86. The number of aryl methyl sites for hydroxylation is 1. The van der Waals surface area contributed by atoms with Crippen molar-refractivity contribution in [1.29, 1.82) is 0 Å². The van der Waals surface area contributed by atoms with Crippen LogP contribution in [-0.4, -0.2) is 30.1 Å². The van der Waals surface area contributed by atoms with Crippen molar-refractivity contribution in [2.75, 3.05) is 19.5 Å². The van der Waals surface area contributed by atoms with Gasteiger partial charge in [0.15, 0.2) is 11.5 Å². The third-order valence-corrected chi connectivity index (χ3v) is 4.12. The van der Waals surface area contributed by atoms with Gasteiger partial charge in [0.1, 0.15) is 11.5 Å². The van der Waals surface area contributed by atoms with Gasteiger partial charge >= 0.3 is 0 Å². The van der Waals surface area contributed by atoms with Crippen molar-refractivity contribution in [2.45, 2.75) is 13.5 Å². The van der Waals surface area contributed by atoms with Gasteiger partial charge in [-0.15, -0.1) is 0 Å². The molecule has 29 heavy (non-hydrogen) atoms. The first-order chi connectivity index (χ1) is 14.0. The average Bonchev–Trinajstić information content (AvgIpc) is 2.72. The molecule has 0 fully saturated rings. The lowest BCUT2D eigenvalue weighted by Crippen LogP contribution is -2.25. The molecule has 0 unspecified atom stereocenters. The number of rotatable bonds is 7. The number of nitrogens with one attached hydrogen (secondary N) is 2. The molecule has 3 aromatic rings. The highest BCUT2D eigenvalue weighted by Crippen LogP contribution is 2.30. The van der Waals surface area contributed by atoms with Crippen molar-refractivity contribution < 1.29 is 18.7 Å². The molecule has 0 aliphatic carbocycles. The van der Waals surface area contributed by atoms with Crippen LogP contribution in [0.25, 0.3) is 0 Å². The second-order valence-electron chi connectivity index (χ2n) is 6.19. The Hall–Kier alpha value is -3.68. The number of ether oxygens (including phenoxy) is 2. The van der Waals surface area contributed by atoms with E-state index in [1.165, 1.54) is 6.07 Å². The molecule has 0 aliphatic rings. The summed E-state index contributed by atoms with van der Waals surface area (Å²) < 4.78 is 24.2. The minimum Gasteiger partial charge on any atom is -0.493 e. The van der Waals surface area contributed by atoms with Gasteiger partial charge < -0.3 is 20.1 Å². The molecular weight excluding hydrogens is 375 g/mol. The van der Waals surface area contributed by atoms with Crippen LogP contribution in [0, 0.1) is 12.7 Å². The number of methoxy groups -OCH3 is 2. The van der Waals surface area contributed by atoms with Crippen LogP contribution in [0.15, 0.2) is 48.5 Å². The predicted molar refractivity (Wildman–Crippen MR) is 107 cm³/mol. The van der Waals surface area contributed by atoms with E-state index in [4.69, 9.17) is 9.47 Å². The molecule has 0 radical (unpaired) electrons. The molecule has 7 nitrogen and oxygen atoms in total. The SMILES string of the molecule is COc1ccc(Nc2nc(C)cc(C(=O)NCc3ccccc3F)n2)cc1OC. The Morgan fingerprint density at radius 1 is 1.03 bits per heavy atom. The number of hydrogen-bond acceptors (Lipinski definition) is 6. The molecule has 0 atom stereocenters. The average molecular weight is 396 g/mol. The zero-order valence-electron chi connectivity index (χ0n) is 16.3. The number of aromatic nitrogens is 2. The molecule has 0 saturated carbocycles. The molecule has 1 aromatic heterocycles. The van der Waals surface area contributed by atoms with E-state index in [1.54, 1.807) is 63.6 Å². The Bertz CT molecular complexity index is 1030. The summed E-state index contributed by atoms with van der Waals surface area (Å²) >= 11 is 0. The largest absolute Gasteiger partial charge is 0.493 e. The Balaban J connectivity index is 1.75. The molecule has 1 heterocycles. The van der Waals surface area contributed by atoms with Crippen molar-refractivity contribution in [3.05, 3.63) is 71.3 Å². The molecule has 3 rings (SSSR count). The standard InChI is InChI=1S/C21H21FN4O3/c1-13-10-17(20(27)23-12-14-6-4-5-7-16(14)22)26-21(24-13)25-15-8-9-18(28-2)19(11-15)29-3/h4-11H,12H2,1-3H3,(H,23,27)(H,24,25,26). The van der Waals surface area contributed by atoms with Crippen molar-refractivity contribution in [1.82, 2.24) is 15.3 Å². The van der Waals surface area contributed by atoms with Gasteiger partial charge in [-0.1, -0.05) is 18.2 Å². The summed E-state index contributed by atoms with van der Waals surface area (Å²) in [6.07, 6.45) is 0. The van der Waals surface area contributed by atoms with Gasteiger partial charge in [0.05, 0.1) is 14.2 Å². The minimum absolute atomic E-state index is 0.0625. The van der Waals surface area contributed by atoms with Crippen LogP contribution in [-0.2, 0) is 6.54 Å². The zero-order chi connectivity index (χ0) is 20.8. The lowest BCUT2D eigenvalue weighted by Gasteiger charge is -2.12. The number of hydrogen-bond donors (Lipinski definition) is 2. The summed E-state index contributed by atoms with van der Waals surface area (Å²) in [6.45, 7) is 1.82. The third kappa shape index (κ3) is 4.98. The quantitative estimate of drug-likeness (QED) is 0.635. The molecule has 0 bridgehead atoms. The number of anilines is 2. The van der Waals surface area contributed by atoms with Gasteiger partial charge in [-0.2, -0.15) is 0 Å². The first-order valence-electron chi connectivity index (χ1n) is 8.86. The highest BCUT2D eigenvalue weighted by Gasteiger charge is 2.12. The summed E-state index contributed by atoms with van der Waals surface area (Å²) in [4.78, 5) is 21.1. The second-order valence-corrected chi connectivity index (χ2v) is 6.19. The third-order valence-electron chi connectivity index (χ3n) is 4.12. The topological polar surface area (TPSA) is 85.4 Å². The fourth-order valence-electron chi connectivity index (χ4n) is 2.69. The van der Waals surface area contributed by atoms with Gasteiger partial charge in [0.2, 0.25) is 5.95 Å². The van der Waals surface area contributed by atoms with E-state index < -0.39 is 5.91 Å². The molecule has 8 heteroatoms. The van der Waals surface area contributed by atoms with Crippen LogP contribution in [0.4, 0.5) is 16.0 Å². The van der Waals surface area contributed by atoms with Crippen molar-refractivity contribution in [2.24, 2.45) is 0 Å². The molecular formula is C21H21FN4O3. The van der Waals surface area contributed by atoms with E-state index in [9.17, 15) is 9.18 Å². The van der Waals surface area contributed by atoms with Crippen molar-refractivity contribution >= 4 is 17.5 Å². The number of halogens is 1. The number of amides is 1. The molecule has 150 valence electrons. The van der Waals surface area contributed by atoms with E-state index in [2.05, 4.69) is 20.6 Å². The number of benzene rings is 2. The summed E-state index contributed by atoms with van der Waals surface area (Å²) in [5.74, 6) is 0.606. The fraction of sp³-hybridized carbons (Fsp3) is 0.190. The Morgan fingerprint density at radius 2 is 1.79 bits per heavy atom. The lowest BCUT2D eigenvalue weighted by atomic mass is 10.2. The Labute approximate surface area is 167 Å². The van der Waals surface area contributed by atoms with Gasteiger partial charge in [0, 0.05) is 29.6 Å². The van der Waals surface area contributed by atoms with Crippen LogP contribution in [0.5, 0.6) is 11.5 Å². The van der Waals surface area contributed by atoms with Crippen LogP contribution < -0.4 is 20.1 Å². The van der Waals surface area contributed by atoms with Crippen LogP contribution in [0.1, 0.15) is 21.7 Å². The first-order valence-corrected chi connectivity index (χ1v) is 8.86. The normalized spacial score (nSPS) is 10.3. The predicted octanol–water partition coefficient (Wildman–Crippen LogP) is 3.61. The summed E-state index contributed by atoms with van der Waals surface area (Å²) in [6, 6.07) is 13.1. The maximum absolute atomic E-state index is 13.7. The number of nitrogens with zero attached hydrogens (tertiary/aromatic N) is 2. The van der Waals surface area contributed by atoms with E-state index in [0.29, 0.717) is 28.4 Å². The summed E-state index contributed by atoms with van der Waals surface area (Å²) in [7, 11) is 3.10. The molecule has 2 N–H and O–H groups in total. The number of carbonyl (C=O) groups excluding carboxylic acids is 1. The van der Waals surface area contributed by atoms with Crippen LogP contribution >= 0.6 is 0 Å². The molecule has 1 amide bonds. The molecule has 0 aliphatic heterocycles. The zero-order valence-corrected chi connectivity index (χ0v) is 16.3. The first kappa shape index (κ1) is 20.1. The van der Waals surface area contributed by atoms with Crippen LogP contribution in [0.3, 0.4) is 0 Å². The maximum atomic E-state index is 13.7. The van der Waals surface area contributed by atoms with Gasteiger partial charge in [-0.25, -0.2) is 14.4 Å². The van der Waals surface area contributed by atoms with E-state index in [-0.39, 0.29) is 24.0 Å². The molecule has 0 saturated heterocycles. The van der Waals surface area contributed by atoms with E-state index in [1.807, 2.05) is 0 Å². The highest BCUT2D eigenvalue weighted by molar-refractivity contribution is 5.92. The van der Waals surface area contributed by atoms with Gasteiger partial charge in [-0.3, -0.25) is 4.79 Å².